The summed E-state index contributed by atoms with van der Waals surface area (Å²) < 4.78 is 0. The number of carbonyl (C=O) groups excluding carboxylic acids is 2. The van der Waals surface area contributed by atoms with E-state index in [0.717, 1.165) is 12.8 Å². The van der Waals surface area contributed by atoms with Crippen molar-refractivity contribution in [1.82, 2.24) is 10.2 Å². The Hall–Kier alpha value is -1.89. The lowest BCUT2D eigenvalue weighted by atomic mass is 10.1. The molecule has 7 heteroatoms. The van der Waals surface area contributed by atoms with Crippen LogP contribution in [0.3, 0.4) is 0 Å². The third-order valence-corrected chi connectivity index (χ3v) is 4.22. The van der Waals surface area contributed by atoms with E-state index in [1.54, 1.807) is 17.5 Å². The molecule has 1 aromatic rings. The first kappa shape index (κ1) is 15.5. The molecule has 21 heavy (non-hydrogen) atoms. The highest BCUT2D eigenvalue weighted by Crippen LogP contribution is 2.33. The van der Waals surface area contributed by atoms with Gasteiger partial charge in [0.1, 0.15) is 6.04 Å². The van der Waals surface area contributed by atoms with Crippen LogP contribution < -0.4 is 5.32 Å². The second-order valence-corrected chi connectivity index (χ2v) is 6.22. The molecule has 1 heterocycles. The average Bonchev–Trinajstić information content (AvgIpc) is 3.07. The number of nitrogens with one attached hydrogen (secondary N) is 1. The van der Waals surface area contributed by atoms with Gasteiger partial charge in [0.2, 0.25) is 5.91 Å². The predicted molar refractivity (Wildman–Crippen MR) is 78.2 cm³/mol. The van der Waals surface area contributed by atoms with Gasteiger partial charge in [-0.2, -0.15) is 0 Å². The fraction of sp³-hybridized carbons (Fsp3) is 0.500. The van der Waals surface area contributed by atoms with Crippen LogP contribution in [0.5, 0.6) is 0 Å². The molecule has 1 aliphatic carbocycles. The van der Waals surface area contributed by atoms with Gasteiger partial charge in [0.15, 0.2) is 0 Å². The first-order chi connectivity index (χ1) is 9.97. The van der Waals surface area contributed by atoms with Crippen LogP contribution >= 0.6 is 11.3 Å². The van der Waals surface area contributed by atoms with Crippen LogP contribution in [-0.4, -0.2) is 47.4 Å². The van der Waals surface area contributed by atoms with Gasteiger partial charge < -0.3 is 15.3 Å². The molecule has 2 N–H and O–H groups in total. The minimum absolute atomic E-state index is 0.148. The van der Waals surface area contributed by atoms with E-state index in [-0.39, 0.29) is 12.5 Å². The van der Waals surface area contributed by atoms with Crippen LogP contribution in [0.15, 0.2) is 17.5 Å². The van der Waals surface area contributed by atoms with Crippen molar-refractivity contribution in [2.24, 2.45) is 5.92 Å². The molecule has 0 aromatic carbocycles. The molecule has 0 bridgehead atoms. The molecule has 114 valence electrons. The predicted octanol–water partition coefficient (Wildman–Crippen LogP) is 1.19. The number of thiophene rings is 1. The summed E-state index contributed by atoms with van der Waals surface area (Å²) in [6.45, 7) is -0.148. The maximum Gasteiger partial charge on any atom is 0.326 e. The molecule has 0 aliphatic heterocycles. The van der Waals surface area contributed by atoms with E-state index in [0.29, 0.717) is 17.2 Å². The minimum Gasteiger partial charge on any atom is -0.480 e. The molecular formula is C14H18N2O4S. The molecule has 0 radical (unpaired) electrons. The summed E-state index contributed by atoms with van der Waals surface area (Å²) in [5.74, 6) is -1.32. The summed E-state index contributed by atoms with van der Waals surface area (Å²) in [7, 11) is 1.53. The van der Waals surface area contributed by atoms with Crippen LogP contribution in [0.4, 0.5) is 0 Å². The van der Waals surface area contributed by atoms with E-state index in [2.05, 4.69) is 5.32 Å². The fourth-order valence-corrected chi connectivity index (χ4v) is 2.74. The van der Waals surface area contributed by atoms with E-state index in [1.807, 2.05) is 0 Å². The Balaban J connectivity index is 1.84. The quantitative estimate of drug-likeness (QED) is 0.792. The highest BCUT2D eigenvalue weighted by Gasteiger charge is 2.30. The Kier molecular flexibility index (Phi) is 4.95. The van der Waals surface area contributed by atoms with Crippen LogP contribution in [0, 0.1) is 5.92 Å². The molecule has 1 saturated carbocycles. The largest absolute Gasteiger partial charge is 0.480 e. The summed E-state index contributed by atoms with van der Waals surface area (Å²) in [6.07, 6.45) is 2.51. The van der Waals surface area contributed by atoms with Crippen molar-refractivity contribution in [2.75, 3.05) is 13.6 Å². The fourth-order valence-electron chi connectivity index (χ4n) is 2.02. The van der Waals surface area contributed by atoms with E-state index in [9.17, 15) is 14.4 Å². The first-order valence-electron chi connectivity index (χ1n) is 6.78. The highest BCUT2D eigenvalue weighted by atomic mass is 32.1. The maximum absolute atomic E-state index is 12.0. The lowest BCUT2D eigenvalue weighted by Gasteiger charge is -2.18. The number of carbonyl (C=O) groups is 3. The van der Waals surface area contributed by atoms with Gasteiger partial charge in [-0.15, -0.1) is 11.3 Å². The monoisotopic (exact) mass is 310 g/mol. The van der Waals surface area contributed by atoms with Crippen LogP contribution in [-0.2, 0) is 9.59 Å². The van der Waals surface area contributed by atoms with Gasteiger partial charge in [-0.05, 0) is 23.8 Å². The summed E-state index contributed by atoms with van der Waals surface area (Å²) >= 11 is 1.30. The van der Waals surface area contributed by atoms with Gasteiger partial charge >= 0.3 is 5.97 Å². The molecule has 2 rings (SSSR count). The van der Waals surface area contributed by atoms with Crippen molar-refractivity contribution in [3.05, 3.63) is 22.4 Å². The molecular weight excluding hydrogens is 292 g/mol. The Morgan fingerprint density at radius 3 is 2.71 bits per heavy atom. The topological polar surface area (TPSA) is 86.7 Å². The van der Waals surface area contributed by atoms with Crippen LogP contribution in [0.25, 0.3) is 0 Å². The smallest absolute Gasteiger partial charge is 0.326 e. The van der Waals surface area contributed by atoms with Gasteiger partial charge in [-0.3, -0.25) is 9.59 Å². The summed E-state index contributed by atoms with van der Waals surface area (Å²) in [4.78, 5) is 36.8. The number of hydrogen-bond donors (Lipinski definition) is 2. The molecule has 0 spiro atoms. The normalized spacial score (nSPS) is 15.3. The van der Waals surface area contributed by atoms with Crippen LogP contribution in [0.2, 0.25) is 0 Å². The first-order valence-corrected chi connectivity index (χ1v) is 7.66. The highest BCUT2D eigenvalue weighted by molar-refractivity contribution is 7.12. The van der Waals surface area contributed by atoms with E-state index in [4.69, 9.17) is 5.11 Å². The van der Waals surface area contributed by atoms with Crippen molar-refractivity contribution in [1.29, 1.82) is 0 Å². The minimum atomic E-state index is -1.03. The van der Waals surface area contributed by atoms with Gasteiger partial charge in [-0.25, -0.2) is 4.79 Å². The summed E-state index contributed by atoms with van der Waals surface area (Å²) in [5.41, 5.74) is 0. The number of carboxylic acids is 1. The molecule has 1 atom stereocenters. The standard InChI is InChI=1S/C14H18N2O4S/c1-16(13(18)11-3-2-6-21-11)8-12(17)15-10(14(19)20)7-9-4-5-9/h2-3,6,9-10H,4-5,7-8H2,1H3,(H,15,17)(H,19,20). The molecule has 2 amide bonds. The Bertz CT molecular complexity index is 525. The second-order valence-electron chi connectivity index (χ2n) is 5.28. The number of carboxylic acid groups (broad SMARTS) is 1. The molecule has 1 aliphatic rings. The Morgan fingerprint density at radius 1 is 1.48 bits per heavy atom. The number of likely N-dealkylation sites (N-methyl/N-ethyl adjacent to an activating group) is 1. The number of rotatable bonds is 7. The molecule has 1 unspecified atom stereocenters. The van der Waals surface area contributed by atoms with Crippen molar-refractivity contribution < 1.29 is 19.5 Å². The van der Waals surface area contributed by atoms with Crippen molar-refractivity contribution >= 4 is 29.1 Å². The van der Waals surface area contributed by atoms with Gasteiger partial charge in [-0.1, -0.05) is 18.9 Å². The van der Waals surface area contributed by atoms with Crippen molar-refractivity contribution in [3.63, 3.8) is 0 Å². The number of aliphatic carboxylic acids is 1. The van der Waals surface area contributed by atoms with E-state index in [1.165, 1.54) is 23.3 Å². The maximum atomic E-state index is 12.0. The number of nitrogens with zero attached hydrogens (tertiary/aromatic N) is 1. The Labute approximate surface area is 126 Å². The molecule has 1 aromatic heterocycles. The zero-order valence-corrected chi connectivity index (χ0v) is 12.6. The second kappa shape index (κ2) is 6.71. The SMILES string of the molecule is CN(CC(=O)NC(CC1CC1)C(=O)O)C(=O)c1cccs1. The zero-order chi connectivity index (χ0) is 15.4. The molecule has 1 fully saturated rings. The van der Waals surface area contributed by atoms with E-state index >= 15 is 0 Å². The molecule has 0 saturated heterocycles. The van der Waals surface area contributed by atoms with Gasteiger partial charge in [0.05, 0.1) is 11.4 Å². The van der Waals surface area contributed by atoms with E-state index < -0.39 is 17.9 Å². The number of hydrogen-bond acceptors (Lipinski definition) is 4. The lowest BCUT2D eigenvalue weighted by molar-refractivity contribution is -0.142. The Morgan fingerprint density at radius 2 is 2.19 bits per heavy atom. The third kappa shape index (κ3) is 4.56. The molecule has 6 nitrogen and oxygen atoms in total. The van der Waals surface area contributed by atoms with Gasteiger partial charge in [0.25, 0.3) is 5.91 Å². The van der Waals surface area contributed by atoms with Gasteiger partial charge in [0, 0.05) is 7.05 Å². The lowest BCUT2D eigenvalue weighted by Crippen LogP contribution is -2.46. The van der Waals surface area contributed by atoms with Crippen molar-refractivity contribution in [2.45, 2.75) is 25.3 Å². The zero-order valence-electron chi connectivity index (χ0n) is 11.7. The third-order valence-electron chi connectivity index (χ3n) is 3.36. The van der Waals surface area contributed by atoms with Crippen molar-refractivity contribution in [3.8, 4) is 0 Å². The van der Waals surface area contributed by atoms with Crippen LogP contribution in [0.1, 0.15) is 28.9 Å². The number of amides is 2. The summed E-state index contributed by atoms with van der Waals surface area (Å²) in [6, 6.07) is 2.59. The average molecular weight is 310 g/mol. The summed E-state index contributed by atoms with van der Waals surface area (Å²) in [5, 5.41) is 13.4.